The minimum absolute atomic E-state index is 0.0716. The Morgan fingerprint density at radius 3 is 2.91 bits per heavy atom. The number of halogens is 2. The molecule has 2 unspecified atom stereocenters. The van der Waals surface area contributed by atoms with Crippen molar-refractivity contribution < 1.29 is 18.4 Å². The van der Waals surface area contributed by atoms with Crippen molar-refractivity contribution in [2.45, 2.75) is 32.4 Å². The second-order valence-corrected chi connectivity index (χ2v) is 5.98. The van der Waals surface area contributed by atoms with Crippen LogP contribution >= 0.6 is 0 Å². The number of rotatable bonds is 4. The molecule has 1 saturated heterocycles. The molecule has 3 rings (SSSR count). The van der Waals surface area contributed by atoms with Gasteiger partial charge in [-0.15, -0.1) is 0 Å². The Kier molecular flexibility index (Phi) is 4.68. The van der Waals surface area contributed by atoms with Crippen molar-refractivity contribution in [1.29, 1.82) is 0 Å². The van der Waals surface area contributed by atoms with E-state index in [0.717, 1.165) is 31.5 Å². The van der Waals surface area contributed by atoms with Gasteiger partial charge in [-0.05, 0) is 43.5 Å². The third-order valence-electron chi connectivity index (χ3n) is 4.40. The SMILES string of the molecule is CC1CCCN(Cc2nc(-c3ccc(F)c(F)c3)no2)C1CO. The van der Waals surface area contributed by atoms with Crippen LogP contribution in [0.4, 0.5) is 8.78 Å². The number of piperidine rings is 1. The summed E-state index contributed by atoms with van der Waals surface area (Å²) in [6, 6.07) is 3.56. The molecule has 5 nitrogen and oxygen atoms in total. The van der Waals surface area contributed by atoms with E-state index in [2.05, 4.69) is 22.0 Å². The van der Waals surface area contributed by atoms with Gasteiger partial charge in [-0.1, -0.05) is 12.1 Å². The molecule has 1 fully saturated rings. The second-order valence-electron chi connectivity index (χ2n) is 5.98. The number of likely N-dealkylation sites (tertiary alicyclic amines) is 1. The van der Waals surface area contributed by atoms with Crippen LogP contribution in [-0.2, 0) is 6.54 Å². The molecular weight excluding hydrogens is 304 g/mol. The van der Waals surface area contributed by atoms with Gasteiger partial charge in [-0.2, -0.15) is 4.98 Å². The highest BCUT2D eigenvalue weighted by molar-refractivity contribution is 5.54. The highest BCUT2D eigenvalue weighted by Gasteiger charge is 2.29. The first-order valence-electron chi connectivity index (χ1n) is 7.71. The van der Waals surface area contributed by atoms with Gasteiger partial charge in [-0.25, -0.2) is 8.78 Å². The largest absolute Gasteiger partial charge is 0.395 e. The van der Waals surface area contributed by atoms with E-state index in [-0.39, 0.29) is 18.5 Å². The second kappa shape index (κ2) is 6.72. The zero-order valence-corrected chi connectivity index (χ0v) is 12.9. The summed E-state index contributed by atoms with van der Waals surface area (Å²) in [7, 11) is 0. The van der Waals surface area contributed by atoms with Crippen molar-refractivity contribution in [2.24, 2.45) is 5.92 Å². The summed E-state index contributed by atoms with van der Waals surface area (Å²) in [6.07, 6.45) is 2.15. The fraction of sp³-hybridized carbons (Fsp3) is 0.500. The van der Waals surface area contributed by atoms with Gasteiger partial charge in [0.2, 0.25) is 11.7 Å². The number of aromatic nitrogens is 2. The number of hydrogen-bond acceptors (Lipinski definition) is 5. The summed E-state index contributed by atoms with van der Waals surface area (Å²) in [5.74, 6) is -0.825. The van der Waals surface area contributed by atoms with Gasteiger partial charge >= 0.3 is 0 Å². The van der Waals surface area contributed by atoms with Crippen molar-refractivity contribution in [3.8, 4) is 11.4 Å². The summed E-state index contributed by atoms with van der Waals surface area (Å²) in [5, 5.41) is 13.4. The summed E-state index contributed by atoms with van der Waals surface area (Å²) in [6.45, 7) is 3.50. The smallest absolute Gasteiger partial charge is 0.241 e. The fourth-order valence-electron chi connectivity index (χ4n) is 3.07. The maximum absolute atomic E-state index is 13.3. The first-order valence-corrected chi connectivity index (χ1v) is 7.71. The minimum Gasteiger partial charge on any atom is -0.395 e. The Balaban J connectivity index is 1.75. The lowest BCUT2D eigenvalue weighted by atomic mass is 9.91. The van der Waals surface area contributed by atoms with Gasteiger partial charge in [0, 0.05) is 11.6 Å². The fourth-order valence-corrected chi connectivity index (χ4v) is 3.07. The lowest BCUT2D eigenvalue weighted by molar-refractivity contribution is 0.0400. The Hall–Kier alpha value is -1.86. The third kappa shape index (κ3) is 3.40. The van der Waals surface area contributed by atoms with E-state index < -0.39 is 11.6 Å². The molecule has 7 heteroatoms. The van der Waals surface area contributed by atoms with Crippen molar-refractivity contribution in [3.05, 3.63) is 35.7 Å². The molecule has 0 aliphatic carbocycles. The lowest BCUT2D eigenvalue weighted by Gasteiger charge is -2.38. The van der Waals surface area contributed by atoms with Gasteiger partial charge in [-0.3, -0.25) is 4.90 Å². The molecule has 23 heavy (non-hydrogen) atoms. The van der Waals surface area contributed by atoms with E-state index >= 15 is 0 Å². The summed E-state index contributed by atoms with van der Waals surface area (Å²) < 4.78 is 31.5. The average Bonchev–Trinajstić information content (AvgIpc) is 2.99. The van der Waals surface area contributed by atoms with E-state index in [1.165, 1.54) is 6.07 Å². The Morgan fingerprint density at radius 1 is 1.35 bits per heavy atom. The van der Waals surface area contributed by atoms with E-state index in [9.17, 15) is 13.9 Å². The monoisotopic (exact) mass is 323 g/mol. The van der Waals surface area contributed by atoms with Crippen LogP contribution in [0.25, 0.3) is 11.4 Å². The molecule has 1 aliphatic rings. The third-order valence-corrected chi connectivity index (χ3v) is 4.40. The molecule has 0 amide bonds. The van der Waals surface area contributed by atoms with Crippen molar-refractivity contribution in [3.63, 3.8) is 0 Å². The van der Waals surface area contributed by atoms with Crippen molar-refractivity contribution in [2.75, 3.05) is 13.2 Å². The highest BCUT2D eigenvalue weighted by Crippen LogP contribution is 2.25. The number of aliphatic hydroxyl groups excluding tert-OH is 1. The molecule has 1 N–H and O–H groups in total. The first-order chi connectivity index (χ1) is 11.1. The Bertz CT molecular complexity index is 677. The number of benzene rings is 1. The quantitative estimate of drug-likeness (QED) is 0.937. The maximum atomic E-state index is 13.3. The maximum Gasteiger partial charge on any atom is 0.241 e. The van der Waals surface area contributed by atoms with E-state index in [4.69, 9.17) is 4.52 Å². The molecule has 0 saturated carbocycles. The van der Waals surface area contributed by atoms with Crippen LogP contribution in [0.15, 0.2) is 22.7 Å². The number of hydrogen-bond donors (Lipinski definition) is 1. The molecule has 2 heterocycles. The number of nitrogens with zero attached hydrogens (tertiary/aromatic N) is 3. The van der Waals surface area contributed by atoms with Crippen LogP contribution in [-0.4, -0.2) is 39.3 Å². The molecule has 2 atom stereocenters. The summed E-state index contributed by atoms with van der Waals surface area (Å²) in [4.78, 5) is 6.37. The van der Waals surface area contributed by atoms with Crippen LogP contribution in [0.3, 0.4) is 0 Å². The topological polar surface area (TPSA) is 62.4 Å². The van der Waals surface area contributed by atoms with Crippen LogP contribution < -0.4 is 0 Å². The molecular formula is C16H19F2N3O2. The summed E-state index contributed by atoms with van der Waals surface area (Å²) in [5.41, 5.74) is 0.365. The molecule has 124 valence electrons. The van der Waals surface area contributed by atoms with E-state index in [0.29, 0.717) is 23.9 Å². The predicted molar refractivity (Wildman–Crippen MR) is 79.3 cm³/mol. The Labute approximate surface area is 132 Å². The van der Waals surface area contributed by atoms with Crippen molar-refractivity contribution >= 4 is 0 Å². The van der Waals surface area contributed by atoms with Crippen LogP contribution in [0.2, 0.25) is 0 Å². The normalized spacial score (nSPS) is 22.4. The average molecular weight is 323 g/mol. The minimum atomic E-state index is -0.945. The zero-order chi connectivity index (χ0) is 16.4. The van der Waals surface area contributed by atoms with E-state index in [1.807, 2.05) is 0 Å². The van der Waals surface area contributed by atoms with Crippen molar-refractivity contribution in [1.82, 2.24) is 15.0 Å². The van der Waals surface area contributed by atoms with Gasteiger partial charge in [0.1, 0.15) is 0 Å². The predicted octanol–water partition coefficient (Wildman–Crippen LogP) is 2.61. The van der Waals surface area contributed by atoms with Crippen LogP contribution in [0.1, 0.15) is 25.7 Å². The lowest BCUT2D eigenvalue weighted by Crippen LogP contribution is -2.46. The first kappa shape index (κ1) is 16.0. The molecule has 0 spiro atoms. The van der Waals surface area contributed by atoms with Gasteiger partial charge in [0.25, 0.3) is 0 Å². The molecule has 0 radical (unpaired) electrons. The van der Waals surface area contributed by atoms with Crippen LogP contribution in [0.5, 0.6) is 0 Å². The van der Waals surface area contributed by atoms with E-state index in [1.54, 1.807) is 0 Å². The van der Waals surface area contributed by atoms with Gasteiger partial charge in [0.05, 0.1) is 13.2 Å². The van der Waals surface area contributed by atoms with Crippen LogP contribution in [0, 0.1) is 17.6 Å². The molecule has 1 aliphatic heterocycles. The standard InChI is InChI=1S/C16H19F2N3O2/c1-10-3-2-6-21(14(10)9-22)8-15-19-16(20-23-15)11-4-5-12(17)13(18)7-11/h4-5,7,10,14,22H,2-3,6,8-9H2,1H3. The highest BCUT2D eigenvalue weighted by atomic mass is 19.2. The molecule has 1 aromatic heterocycles. The molecule has 1 aromatic carbocycles. The van der Waals surface area contributed by atoms with Gasteiger partial charge < -0.3 is 9.63 Å². The molecule has 2 aromatic rings. The Morgan fingerprint density at radius 2 is 2.17 bits per heavy atom. The number of aliphatic hydroxyl groups is 1. The van der Waals surface area contributed by atoms with Gasteiger partial charge in [0.15, 0.2) is 11.6 Å². The zero-order valence-electron chi connectivity index (χ0n) is 12.9. The summed E-state index contributed by atoms with van der Waals surface area (Å²) >= 11 is 0. The molecule has 0 bridgehead atoms.